The number of carbonyl (C=O) groups excluding carboxylic acids is 1. The Kier molecular flexibility index (Phi) is 6.11. The number of rotatable bonds is 5. The van der Waals surface area contributed by atoms with Crippen LogP contribution >= 0.6 is 23.2 Å². The van der Waals surface area contributed by atoms with Crippen LogP contribution in [0.25, 0.3) is 0 Å². The molecule has 0 bridgehead atoms. The number of hydrogen-bond acceptors (Lipinski definition) is 3. The molecule has 1 amide bonds. The highest BCUT2D eigenvalue weighted by Gasteiger charge is 2.20. The highest BCUT2D eigenvalue weighted by Crippen LogP contribution is 2.32. The summed E-state index contributed by atoms with van der Waals surface area (Å²) < 4.78 is 0. The molecular weight excluding hydrogens is 297 g/mol. The number of amides is 1. The Hall–Kier alpha value is -0.970. The van der Waals surface area contributed by atoms with Crippen molar-refractivity contribution in [1.82, 2.24) is 4.90 Å². The summed E-state index contributed by atoms with van der Waals surface area (Å²) in [5, 5.41) is 3.54. The summed E-state index contributed by atoms with van der Waals surface area (Å²) in [5.74, 6) is 0.337. The zero-order valence-electron chi connectivity index (χ0n) is 12.2. The summed E-state index contributed by atoms with van der Waals surface area (Å²) in [5.41, 5.74) is 6.59. The van der Waals surface area contributed by atoms with Crippen molar-refractivity contribution in [3.63, 3.8) is 0 Å². The van der Waals surface area contributed by atoms with E-state index in [-0.39, 0.29) is 11.9 Å². The highest BCUT2D eigenvalue weighted by molar-refractivity contribution is 6.37. The van der Waals surface area contributed by atoms with E-state index in [1.807, 2.05) is 18.9 Å². The van der Waals surface area contributed by atoms with Crippen molar-refractivity contribution in [2.24, 2.45) is 5.92 Å². The molecule has 1 rings (SSSR count). The molecule has 20 heavy (non-hydrogen) atoms. The third-order valence-corrected chi connectivity index (χ3v) is 3.54. The molecular formula is C14H21Cl2N3O. The largest absolute Gasteiger partial charge is 0.397 e. The lowest BCUT2D eigenvalue weighted by Gasteiger charge is -2.25. The van der Waals surface area contributed by atoms with E-state index in [4.69, 9.17) is 28.9 Å². The highest BCUT2D eigenvalue weighted by atomic mass is 35.5. The number of hydrogen-bond donors (Lipinski definition) is 2. The van der Waals surface area contributed by atoms with Crippen molar-refractivity contribution in [3.05, 3.63) is 22.2 Å². The molecule has 0 aromatic heterocycles. The molecule has 0 fully saturated rings. The molecule has 1 atom stereocenters. The van der Waals surface area contributed by atoms with Crippen molar-refractivity contribution in [2.75, 3.05) is 24.6 Å². The summed E-state index contributed by atoms with van der Waals surface area (Å²) in [4.78, 5) is 14.2. The molecule has 0 radical (unpaired) electrons. The van der Waals surface area contributed by atoms with Crippen LogP contribution in [0.5, 0.6) is 0 Å². The Morgan fingerprint density at radius 1 is 1.35 bits per heavy atom. The first kappa shape index (κ1) is 17.1. The smallest absolute Gasteiger partial charge is 0.241 e. The molecule has 3 N–H and O–H groups in total. The van der Waals surface area contributed by atoms with Gasteiger partial charge < -0.3 is 11.1 Å². The maximum atomic E-state index is 12.2. The second-order valence-corrected chi connectivity index (χ2v) is 6.19. The van der Waals surface area contributed by atoms with Crippen LogP contribution in [0.1, 0.15) is 20.8 Å². The number of nitrogens with two attached hydrogens (primary N) is 1. The predicted octanol–water partition coefficient (Wildman–Crippen LogP) is 3.49. The van der Waals surface area contributed by atoms with Crippen LogP contribution < -0.4 is 11.1 Å². The number of nitrogen functional groups attached to an aromatic ring is 1. The molecule has 0 saturated carbocycles. The van der Waals surface area contributed by atoms with Crippen LogP contribution in [-0.2, 0) is 4.79 Å². The molecule has 0 spiro atoms. The molecule has 1 aromatic carbocycles. The molecule has 4 nitrogen and oxygen atoms in total. The van der Waals surface area contributed by atoms with Crippen LogP contribution in [-0.4, -0.2) is 30.4 Å². The number of anilines is 2. The fourth-order valence-electron chi connectivity index (χ4n) is 1.89. The van der Waals surface area contributed by atoms with Gasteiger partial charge in [0.25, 0.3) is 0 Å². The molecule has 1 unspecified atom stereocenters. The predicted molar refractivity (Wildman–Crippen MR) is 86.4 cm³/mol. The quantitative estimate of drug-likeness (QED) is 0.817. The first-order chi connectivity index (χ1) is 9.22. The molecule has 0 heterocycles. The van der Waals surface area contributed by atoms with Gasteiger partial charge in [0.1, 0.15) is 0 Å². The molecule has 0 aliphatic heterocycles. The van der Waals surface area contributed by atoms with E-state index in [1.165, 1.54) is 0 Å². The Morgan fingerprint density at radius 2 is 1.95 bits per heavy atom. The SMILES string of the molecule is CC(C)CN(C)C(C)C(=O)Nc1c(N)cc(Cl)cc1Cl. The lowest BCUT2D eigenvalue weighted by Crippen LogP contribution is -2.41. The molecule has 112 valence electrons. The van der Waals surface area contributed by atoms with Crippen LogP contribution in [0, 0.1) is 5.92 Å². The minimum Gasteiger partial charge on any atom is -0.397 e. The van der Waals surface area contributed by atoms with Crippen LogP contribution in [0.3, 0.4) is 0 Å². The van der Waals surface area contributed by atoms with E-state index in [9.17, 15) is 4.79 Å². The Balaban J connectivity index is 2.81. The summed E-state index contributed by atoms with van der Waals surface area (Å²) in [6.07, 6.45) is 0. The number of nitrogens with one attached hydrogen (secondary N) is 1. The second kappa shape index (κ2) is 7.16. The van der Waals surface area contributed by atoms with Gasteiger partial charge in [-0.2, -0.15) is 0 Å². The summed E-state index contributed by atoms with van der Waals surface area (Å²) in [7, 11) is 1.91. The average Bonchev–Trinajstić information content (AvgIpc) is 2.31. The first-order valence-electron chi connectivity index (χ1n) is 6.48. The number of carbonyl (C=O) groups is 1. The van der Waals surface area contributed by atoms with Crippen molar-refractivity contribution in [3.8, 4) is 0 Å². The molecule has 1 aromatic rings. The topological polar surface area (TPSA) is 58.4 Å². The van der Waals surface area contributed by atoms with Gasteiger partial charge in [-0.25, -0.2) is 0 Å². The number of benzene rings is 1. The van der Waals surface area contributed by atoms with Gasteiger partial charge in [-0.3, -0.25) is 9.69 Å². The molecule has 6 heteroatoms. The fraction of sp³-hybridized carbons (Fsp3) is 0.500. The van der Waals surface area contributed by atoms with Gasteiger partial charge in [0.2, 0.25) is 5.91 Å². The first-order valence-corrected chi connectivity index (χ1v) is 7.23. The van der Waals surface area contributed by atoms with Crippen molar-refractivity contribution in [2.45, 2.75) is 26.8 Å². The Morgan fingerprint density at radius 3 is 2.45 bits per heavy atom. The summed E-state index contributed by atoms with van der Waals surface area (Å²) in [6.45, 7) is 6.89. The van der Waals surface area contributed by atoms with E-state index >= 15 is 0 Å². The van der Waals surface area contributed by atoms with E-state index in [0.29, 0.717) is 27.3 Å². The van der Waals surface area contributed by atoms with Gasteiger partial charge in [-0.15, -0.1) is 0 Å². The van der Waals surface area contributed by atoms with Gasteiger partial charge in [-0.1, -0.05) is 37.0 Å². The minimum absolute atomic E-state index is 0.149. The van der Waals surface area contributed by atoms with Gasteiger partial charge in [-0.05, 0) is 32.0 Å². The van der Waals surface area contributed by atoms with Crippen molar-refractivity contribution >= 4 is 40.5 Å². The van der Waals surface area contributed by atoms with E-state index < -0.39 is 0 Å². The normalized spacial score (nSPS) is 12.8. The van der Waals surface area contributed by atoms with Gasteiger partial charge in [0.15, 0.2) is 0 Å². The minimum atomic E-state index is -0.274. The number of halogens is 2. The van der Waals surface area contributed by atoms with E-state index in [0.717, 1.165) is 6.54 Å². The van der Waals surface area contributed by atoms with Crippen molar-refractivity contribution in [1.29, 1.82) is 0 Å². The Labute approximate surface area is 130 Å². The van der Waals surface area contributed by atoms with Crippen LogP contribution in [0.15, 0.2) is 12.1 Å². The average molecular weight is 318 g/mol. The maximum Gasteiger partial charge on any atom is 0.241 e. The van der Waals surface area contributed by atoms with Crippen LogP contribution in [0.2, 0.25) is 10.0 Å². The third kappa shape index (κ3) is 4.54. The van der Waals surface area contributed by atoms with Crippen molar-refractivity contribution < 1.29 is 4.79 Å². The Bertz CT molecular complexity index is 468. The van der Waals surface area contributed by atoms with E-state index in [2.05, 4.69) is 19.2 Å². The van der Waals surface area contributed by atoms with Gasteiger partial charge in [0.05, 0.1) is 22.4 Å². The molecule has 0 saturated heterocycles. The zero-order chi connectivity index (χ0) is 15.4. The van der Waals surface area contributed by atoms with Gasteiger partial charge >= 0.3 is 0 Å². The molecule has 0 aliphatic carbocycles. The number of nitrogens with zero attached hydrogens (tertiary/aromatic N) is 1. The maximum absolute atomic E-state index is 12.2. The molecule has 0 aliphatic rings. The summed E-state index contributed by atoms with van der Waals surface area (Å²) in [6, 6.07) is 2.84. The van der Waals surface area contributed by atoms with Crippen LogP contribution in [0.4, 0.5) is 11.4 Å². The second-order valence-electron chi connectivity index (χ2n) is 5.35. The zero-order valence-corrected chi connectivity index (χ0v) is 13.7. The lowest BCUT2D eigenvalue weighted by molar-refractivity contribution is -0.120. The van der Waals surface area contributed by atoms with Gasteiger partial charge in [0, 0.05) is 11.6 Å². The monoisotopic (exact) mass is 317 g/mol. The lowest BCUT2D eigenvalue weighted by atomic mass is 10.1. The van der Waals surface area contributed by atoms with E-state index in [1.54, 1.807) is 12.1 Å². The fourth-order valence-corrected chi connectivity index (χ4v) is 2.44. The third-order valence-electron chi connectivity index (χ3n) is 3.03. The number of likely N-dealkylation sites (N-methyl/N-ethyl adjacent to an activating group) is 1. The summed E-state index contributed by atoms with van der Waals surface area (Å²) >= 11 is 11.9. The standard InChI is InChI=1S/C14H21Cl2N3O/c1-8(2)7-19(4)9(3)14(20)18-13-11(16)5-10(15)6-12(13)17/h5-6,8-9H,7,17H2,1-4H3,(H,18,20).